The van der Waals surface area contributed by atoms with Crippen LogP contribution in [0, 0.1) is 13.8 Å². The topological polar surface area (TPSA) is 38.1 Å². The fraction of sp³-hybridized carbons (Fsp3) is 0.238. The third-order valence-electron chi connectivity index (χ3n) is 4.93. The van der Waals surface area contributed by atoms with E-state index in [1.54, 1.807) is 0 Å². The van der Waals surface area contributed by atoms with E-state index in [-0.39, 0.29) is 11.9 Å². The first-order valence-electron chi connectivity index (χ1n) is 8.61. The molecule has 1 amide bonds. The van der Waals surface area contributed by atoms with Gasteiger partial charge in [-0.15, -0.1) is 0 Å². The summed E-state index contributed by atoms with van der Waals surface area (Å²) >= 11 is 0. The van der Waals surface area contributed by atoms with Crippen LogP contribution in [0.1, 0.15) is 34.2 Å². The zero-order valence-electron chi connectivity index (χ0n) is 14.7. The second-order valence-corrected chi connectivity index (χ2v) is 6.65. The molecule has 126 valence electrons. The Morgan fingerprint density at radius 2 is 1.72 bits per heavy atom. The van der Waals surface area contributed by atoms with Crippen molar-refractivity contribution in [1.29, 1.82) is 0 Å². The van der Waals surface area contributed by atoms with E-state index in [1.165, 1.54) is 5.56 Å². The van der Waals surface area contributed by atoms with Crippen LogP contribution in [0.4, 0.5) is 5.69 Å². The van der Waals surface area contributed by atoms with Gasteiger partial charge in [0.1, 0.15) is 0 Å². The predicted octanol–water partition coefficient (Wildman–Crippen LogP) is 4.08. The summed E-state index contributed by atoms with van der Waals surface area (Å²) in [6.07, 6.45) is 0.896. The molecule has 1 aliphatic rings. The Hall–Kier alpha value is -2.88. The summed E-state index contributed by atoms with van der Waals surface area (Å²) in [5.74, 6) is 0.0367. The van der Waals surface area contributed by atoms with Crippen LogP contribution in [0.5, 0.6) is 0 Å². The molecule has 25 heavy (non-hydrogen) atoms. The average Bonchev–Trinajstić information content (AvgIpc) is 3.10. The molecule has 1 atom stereocenters. The molecule has 2 heterocycles. The number of aryl methyl sites for hydroxylation is 1. The molecule has 0 N–H and O–H groups in total. The van der Waals surface area contributed by atoms with Crippen LogP contribution in [0.2, 0.25) is 0 Å². The Bertz CT molecular complexity index is 943. The van der Waals surface area contributed by atoms with E-state index in [0.717, 1.165) is 29.2 Å². The number of hydrogen-bond acceptors (Lipinski definition) is 2. The highest BCUT2D eigenvalue weighted by Gasteiger charge is 2.34. The zero-order chi connectivity index (χ0) is 17.6. The highest BCUT2D eigenvalue weighted by Crippen LogP contribution is 2.34. The second-order valence-electron chi connectivity index (χ2n) is 6.65. The lowest BCUT2D eigenvalue weighted by atomic mass is 10.1. The maximum Gasteiger partial charge on any atom is 0.262 e. The first-order valence-corrected chi connectivity index (χ1v) is 8.61. The molecule has 0 saturated carbocycles. The van der Waals surface area contributed by atoms with Crippen molar-refractivity contribution in [1.82, 2.24) is 9.78 Å². The number of fused-ring (bicyclic) bond motifs is 1. The van der Waals surface area contributed by atoms with Crippen molar-refractivity contribution in [3.63, 3.8) is 0 Å². The number of anilines is 1. The summed E-state index contributed by atoms with van der Waals surface area (Å²) in [4.78, 5) is 15.3. The highest BCUT2D eigenvalue weighted by molar-refractivity contribution is 6.09. The molecule has 1 unspecified atom stereocenters. The number of para-hydroxylation sites is 2. The molecule has 0 radical (unpaired) electrons. The summed E-state index contributed by atoms with van der Waals surface area (Å²) in [6.45, 7) is 5.98. The minimum Gasteiger partial charge on any atom is -0.305 e. The fourth-order valence-electron chi connectivity index (χ4n) is 3.77. The molecule has 3 aromatic rings. The normalized spacial score (nSPS) is 16.1. The van der Waals surface area contributed by atoms with E-state index in [1.807, 2.05) is 72.0 Å². The zero-order valence-corrected chi connectivity index (χ0v) is 14.7. The maximum absolute atomic E-state index is 13.4. The first-order chi connectivity index (χ1) is 12.1. The number of nitrogens with zero attached hydrogens (tertiary/aromatic N) is 3. The van der Waals surface area contributed by atoms with Crippen LogP contribution < -0.4 is 4.90 Å². The summed E-state index contributed by atoms with van der Waals surface area (Å²) in [5, 5.41) is 4.62. The molecule has 1 aliphatic heterocycles. The van der Waals surface area contributed by atoms with Gasteiger partial charge in [-0.2, -0.15) is 5.10 Å². The molecule has 1 aromatic heterocycles. The van der Waals surface area contributed by atoms with Crippen molar-refractivity contribution >= 4 is 11.6 Å². The third kappa shape index (κ3) is 2.45. The molecule has 0 aliphatic carbocycles. The van der Waals surface area contributed by atoms with E-state index in [4.69, 9.17) is 0 Å². The van der Waals surface area contributed by atoms with Crippen molar-refractivity contribution in [3.05, 3.63) is 77.1 Å². The van der Waals surface area contributed by atoms with E-state index in [9.17, 15) is 4.79 Å². The van der Waals surface area contributed by atoms with E-state index >= 15 is 0 Å². The number of benzene rings is 2. The van der Waals surface area contributed by atoms with Crippen molar-refractivity contribution in [2.75, 3.05) is 4.90 Å². The first kappa shape index (κ1) is 15.6. The number of hydrogen-bond donors (Lipinski definition) is 0. The van der Waals surface area contributed by atoms with Crippen LogP contribution >= 0.6 is 0 Å². The average molecular weight is 331 g/mol. The van der Waals surface area contributed by atoms with E-state index < -0.39 is 0 Å². The lowest BCUT2D eigenvalue weighted by Crippen LogP contribution is -2.36. The van der Waals surface area contributed by atoms with Gasteiger partial charge in [0.15, 0.2) is 0 Å². The van der Waals surface area contributed by atoms with E-state index in [0.29, 0.717) is 5.56 Å². The van der Waals surface area contributed by atoms with Gasteiger partial charge in [-0.05, 0) is 51.0 Å². The molecule has 2 aromatic carbocycles. The Morgan fingerprint density at radius 1 is 1.04 bits per heavy atom. The molecule has 0 saturated heterocycles. The molecule has 0 fully saturated rings. The summed E-state index contributed by atoms with van der Waals surface area (Å²) in [7, 11) is 0. The number of carbonyl (C=O) groups is 1. The van der Waals surface area contributed by atoms with E-state index in [2.05, 4.69) is 18.1 Å². The standard InChI is InChI=1S/C21H21N3O/c1-14-13-17-9-7-8-12-19(17)23(14)21(25)20-15(2)22-24(16(20)3)18-10-5-4-6-11-18/h4-12,14H,13H2,1-3H3. The van der Waals surface area contributed by atoms with Gasteiger partial charge >= 0.3 is 0 Å². The predicted molar refractivity (Wildman–Crippen MR) is 99.5 cm³/mol. The summed E-state index contributed by atoms with van der Waals surface area (Å²) < 4.78 is 1.86. The third-order valence-corrected chi connectivity index (χ3v) is 4.93. The van der Waals surface area contributed by atoms with Crippen LogP contribution in [0.3, 0.4) is 0 Å². The molecule has 4 rings (SSSR count). The number of rotatable bonds is 2. The SMILES string of the molecule is Cc1nn(-c2ccccc2)c(C)c1C(=O)N1c2ccccc2CC1C. The Kier molecular flexibility index (Phi) is 3.68. The van der Waals surface area contributed by atoms with Crippen LogP contribution in [-0.4, -0.2) is 21.7 Å². The molecule has 0 spiro atoms. The minimum absolute atomic E-state index is 0.0367. The molecular weight excluding hydrogens is 310 g/mol. The van der Waals surface area contributed by atoms with Gasteiger partial charge < -0.3 is 4.90 Å². The second kappa shape index (κ2) is 5.88. The lowest BCUT2D eigenvalue weighted by molar-refractivity contribution is 0.0980. The van der Waals surface area contributed by atoms with Crippen LogP contribution in [0.15, 0.2) is 54.6 Å². The molecule has 4 heteroatoms. The number of aromatic nitrogens is 2. The monoisotopic (exact) mass is 331 g/mol. The van der Waals surface area contributed by atoms with Gasteiger partial charge in [-0.3, -0.25) is 4.79 Å². The molecule has 0 bridgehead atoms. The number of carbonyl (C=O) groups excluding carboxylic acids is 1. The fourth-order valence-corrected chi connectivity index (χ4v) is 3.77. The Balaban J connectivity index is 1.78. The lowest BCUT2D eigenvalue weighted by Gasteiger charge is -2.23. The summed E-state index contributed by atoms with van der Waals surface area (Å²) in [6, 6.07) is 18.2. The largest absolute Gasteiger partial charge is 0.305 e. The highest BCUT2D eigenvalue weighted by atomic mass is 16.2. The van der Waals surface area contributed by atoms with Gasteiger partial charge in [0.05, 0.1) is 22.6 Å². The van der Waals surface area contributed by atoms with Gasteiger partial charge in [0.2, 0.25) is 0 Å². The van der Waals surface area contributed by atoms with Crippen LogP contribution in [-0.2, 0) is 6.42 Å². The molecular formula is C21H21N3O. The smallest absolute Gasteiger partial charge is 0.262 e. The van der Waals surface area contributed by atoms with Gasteiger partial charge in [0.25, 0.3) is 5.91 Å². The van der Waals surface area contributed by atoms with Gasteiger partial charge in [-0.1, -0.05) is 36.4 Å². The van der Waals surface area contributed by atoms with Crippen molar-refractivity contribution in [2.24, 2.45) is 0 Å². The minimum atomic E-state index is 0.0367. The van der Waals surface area contributed by atoms with Crippen LogP contribution in [0.25, 0.3) is 5.69 Å². The van der Waals surface area contributed by atoms with Gasteiger partial charge in [-0.25, -0.2) is 4.68 Å². The quantitative estimate of drug-likeness (QED) is 0.709. The van der Waals surface area contributed by atoms with Crippen molar-refractivity contribution < 1.29 is 4.79 Å². The Morgan fingerprint density at radius 3 is 2.48 bits per heavy atom. The molecule has 4 nitrogen and oxygen atoms in total. The maximum atomic E-state index is 13.4. The van der Waals surface area contributed by atoms with Crippen molar-refractivity contribution in [3.8, 4) is 5.69 Å². The summed E-state index contributed by atoms with van der Waals surface area (Å²) in [5.41, 5.74) is 5.57. The number of amides is 1. The Labute approximate surface area is 147 Å². The van der Waals surface area contributed by atoms with Crippen molar-refractivity contribution in [2.45, 2.75) is 33.2 Å². The van der Waals surface area contributed by atoms with Gasteiger partial charge in [0, 0.05) is 11.7 Å².